The van der Waals surface area contributed by atoms with Gasteiger partial charge in [-0.15, -0.1) is 12.8 Å². The Kier molecular flexibility index (Phi) is 5.27. The van der Waals surface area contributed by atoms with Crippen LogP contribution in [0.5, 0.6) is 0 Å². The molecule has 0 aliphatic rings. The van der Waals surface area contributed by atoms with Crippen LogP contribution in [0.2, 0.25) is 0 Å². The molecule has 0 saturated carbocycles. The summed E-state index contributed by atoms with van der Waals surface area (Å²) in [7, 11) is 0. The first kappa shape index (κ1) is 18.1. The molecule has 0 fully saturated rings. The highest BCUT2D eigenvalue weighted by atomic mass is 16.4. The summed E-state index contributed by atoms with van der Waals surface area (Å²) in [4.78, 5) is 34.3. The number of nitrogens with one attached hydrogen (secondary N) is 2. The summed E-state index contributed by atoms with van der Waals surface area (Å²) in [6, 6.07) is 7.19. The third-order valence-corrected chi connectivity index (χ3v) is 3.21. The lowest BCUT2D eigenvalue weighted by Crippen LogP contribution is -2.20. The van der Waals surface area contributed by atoms with Crippen molar-refractivity contribution in [2.45, 2.75) is 0 Å². The number of carbonyl (C=O) groups is 3. The molecule has 0 unspecified atom stereocenters. The Balaban J connectivity index is 2.26. The van der Waals surface area contributed by atoms with Gasteiger partial charge >= 0.3 is 18.0 Å². The van der Waals surface area contributed by atoms with Crippen molar-refractivity contribution in [2.24, 2.45) is 0 Å². The Morgan fingerprint density at radius 1 is 0.731 bits per heavy atom. The zero-order valence-electron chi connectivity index (χ0n) is 13.2. The van der Waals surface area contributed by atoms with Gasteiger partial charge in [-0.1, -0.05) is 11.8 Å². The number of carboxylic acids is 2. The van der Waals surface area contributed by atoms with E-state index in [2.05, 4.69) is 22.5 Å². The molecule has 128 valence electrons. The second kappa shape index (κ2) is 7.56. The first-order valence-electron chi connectivity index (χ1n) is 7.10. The average molecular weight is 348 g/mol. The zero-order chi connectivity index (χ0) is 19.3. The van der Waals surface area contributed by atoms with E-state index in [0.29, 0.717) is 16.8 Å². The third-order valence-electron chi connectivity index (χ3n) is 3.21. The first-order chi connectivity index (χ1) is 12.3. The van der Waals surface area contributed by atoms with E-state index in [1.165, 1.54) is 12.1 Å². The van der Waals surface area contributed by atoms with Crippen molar-refractivity contribution in [2.75, 3.05) is 10.6 Å². The van der Waals surface area contributed by atoms with Gasteiger partial charge < -0.3 is 20.8 Å². The lowest BCUT2D eigenvalue weighted by atomic mass is 10.1. The van der Waals surface area contributed by atoms with Crippen molar-refractivity contribution in [3.63, 3.8) is 0 Å². The molecule has 26 heavy (non-hydrogen) atoms. The van der Waals surface area contributed by atoms with Crippen LogP contribution in [0.15, 0.2) is 36.4 Å². The van der Waals surface area contributed by atoms with E-state index < -0.39 is 18.0 Å². The number of anilines is 2. The lowest BCUT2D eigenvalue weighted by Gasteiger charge is -2.10. The molecule has 2 aromatic rings. The molecule has 7 nitrogen and oxygen atoms in total. The van der Waals surface area contributed by atoms with Crippen LogP contribution < -0.4 is 10.6 Å². The topological polar surface area (TPSA) is 116 Å². The van der Waals surface area contributed by atoms with Crippen molar-refractivity contribution < 1.29 is 24.6 Å². The van der Waals surface area contributed by atoms with Gasteiger partial charge in [0, 0.05) is 22.5 Å². The highest BCUT2D eigenvalue weighted by Crippen LogP contribution is 2.18. The lowest BCUT2D eigenvalue weighted by molar-refractivity contribution is 0.0696. The number of aromatic carboxylic acids is 2. The minimum absolute atomic E-state index is 0.00470. The molecule has 0 saturated heterocycles. The van der Waals surface area contributed by atoms with E-state index in [1.54, 1.807) is 6.07 Å². The summed E-state index contributed by atoms with van der Waals surface area (Å²) in [5, 5.41) is 23.0. The van der Waals surface area contributed by atoms with Gasteiger partial charge in [0.1, 0.15) is 0 Å². The van der Waals surface area contributed by atoms with Gasteiger partial charge in [-0.3, -0.25) is 0 Å². The highest BCUT2D eigenvalue weighted by Gasteiger charge is 2.13. The van der Waals surface area contributed by atoms with Crippen LogP contribution in [0.1, 0.15) is 31.8 Å². The maximum Gasteiger partial charge on any atom is 0.335 e. The summed E-state index contributed by atoms with van der Waals surface area (Å²) in [5.41, 5.74) is 0.727. The normalized spacial score (nSPS) is 9.46. The van der Waals surface area contributed by atoms with Crippen molar-refractivity contribution in [3.05, 3.63) is 58.7 Å². The second-order valence-electron chi connectivity index (χ2n) is 5.08. The van der Waals surface area contributed by atoms with Crippen LogP contribution in [0, 0.1) is 24.7 Å². The Bertz CT molecular complexity index is 931. The van der Waals surface area contributed by atoms with Crippen molar-refractivity contribution in [1.29, 1.82) is 0 Å². The standard InChI is InChI=1S/C19H12N2O5/c1-3-11-5-12(4-2)7-15(6-11)20-19(26)21-16-9-13(17(22)23)8-14(10-16)18(24)25/h1-2,5-10H,(H,22,23)(H,24,25)(H2,20,21,26). The minimum atomic E-state index is -1.32. The smallest absolute Gasteiger partial charge is 0.335 e. The van der Waals surface area contributed by atoms with Crippen molar-refractivity contribution >= 4 is 29.3 Å². The molecule has 2 amide bonds. The molecular weight excluding hydrogens is 336 g/mol. The monoisotopic (exact) mass is 348 g/mol. The minimum Gasteiger partial charge on any atom is -0.478 e. The van der Waals surface area contributed by atoms with Crippen LogP contribution in [0.3, 0.4) is 0 Å². The van der Waals surface area contributed by atoms with Gasteiger partial charge in [0.25, 0.3) is 0 Å². The van der Waals surface area contributed by atoms with E-state index in [4.69, 9.17) is 23.1 Å². The third kappa shape index (κ3) is 4.40. The fourth-order valence-electron chi connectivity index (χ4n) is 2.11. The summed E-state index contributed by atoms with van der Waals surface area (Å²) < 4.78 is 0. The molecule has 2 aromatic carbocycles. The van der Waals surface area contributed by atoms with Gasteiger partial charge in [-0.25, -0.2) is 14.4 Å². The van der Waals surface area contributed by atoms with E-state index in [0.717, 1.165) is 18.2 Å². The first-order valence-corrected chi connectivity index (χ1v) is 7.10. The molecule has 0 radical (unpaired) electrons. The number of hydrogen-bond donors (Lipinski definition) is 4. The largest absolute Gasteiger partial charge is 0.478 e. The predicted octanol–water partition coefficient (Wildman–Crippen LogP) is 2.69. The Morgan fingerprint density at radius 2 is 1.15 bits per heavy atom. The quantitative estimate of drug-likeness (QED) is 0.634. The number of urea groups is 1. The van der Waals surface area contributed by atoms with Crippen LogP contribution in [-0.4, -0.2) is 28.2 Å². The molecule has 0 atom stereocenters. The molecule has 0 bridgehead atoms. The van der Waals surface area contributed by atoms with Crippen molar-refractivity contribution in [1.82, 2.24) is 0 Å². The van der Waals surface area contributed by atoms with Crippen LogP contribution in [0.25, 0.3) is 0 Å². The molecule has 0 spiro atoms. The summed E-state index contributed by atoms with van der Waals surface area (Å²) in [5.74, 6) is 2.17. The zero-order valence-corrected chi connectivity index (χ0v) is 13.2. The molecule has 0 heterocycles. The van der Waals surface area contributed by atoms with E-state index >= 15 is 0 Å². The number of terminal acetylenes is 2. The Morgan fingerprint density at radius 3 is 1.54 bits per heavy atom. The number of benzene rings is 2. The number of carbonyl (C=O) groups excluding carboxylic acids is 1. The van der Waals surface area contributed by atoms with E-state index in [9.17, 15) is 14.4 Å². The maximum atomic E-state index is 12.1. The van der Waals surface area contributed by atoms with Crippen LogP contribution in [0.4, 0.5) is 16.2 Å². The highest BCUT2D eigenvalue weighted by molar-refractivity contribution is 6.02. The Hall–Kier alpha value is -4.23. The molecule has 2 rings (SSSR count). The van der Waals surface area contributed by atoms with Gasteiger partial charge in [0.15, 0.2) is 0 Å². The van der Waals surface area contributed by atoms with Gasteiger partial charge in [-0.05, 0) is 36.4 Å². The molecule has 0 aromatic heterocycles. The van der Waals surface area contributed by atoms with Crippen LogP contribution in [-0.2, 0) is 0 Å². The summed E-state index contributed by atoms with van der Waals surface area (Å²) >= 11 is 0. The van der Waals surface area contributed by atoms with Gasteiger partial charge in [0.05, 0.1) is 11.1 Å². The van der Waals surface area contributed by atoms with Gasteiger partial charge in [0.2, 0.25) is 0 Å². The van der Waals surface area contributed by atoms with E-state index in [1.807, 2.05) is 0 Å². The molecule has 7 heteroatoms. The second-order valence-corrected chi connectivity index (χ2v) is 5.08. The fourth-order valence-corrected chi connectivity index (χ4v) is 2.11. The summed E-state index contributed by atoms with van der Waals surface area (Å²) in [6.07, 6.45) is 10.7. The number of hydrogen-bond acceptors (Lipinski definition) is 3. The average Bonchev–Trinajstić information content (AvgIpc) is 2.60. The maximum absolute atomic E-state index is 12.1. The predicted molar refractivity (Wildman–Crippen MR) is 95.3 cm³/mol. The summed E-state index contributed by atoms with van der Waals surface area (Å²) in [6.45, 7) is 0. The van der Waals surface area contributed by atoms with E-state index in [-0.39, 0.29) is 16.8 Å². The molecule has 0 aliphatic carbocycles. The SMILES string of the molecule is C#Cc1cc(C#C)cc(NC(=O)Nc2cc(C(=O)O)cc(C(=O)O)c2)c1. The van der Waals surface area contributed by atoms with Gasteiger partial charge in [-0.2, -0.15) is 0 Å². The number of rotatable bonds is 4. The van der Waals surface area contributed by atoms with Crippen molar-refractivity contribution in [3.8, 4) is 24.7 Å². The number of carboxylic acid groups (broad SMARTS) is 2. The molecule has 4 N–H and O–H groups in total. The molecular formula is C19H12N2O5. The van der Waals surface area contributed by atoms with Crippen LogP contribution >= 0.6 is 0 Å². The Labute approximate surface area is 148 Å². The number of amides is 2. The fraction of sp³-hybridized carbons (Fsp3) is 0. The molecule has 0 aliphatic heterocycles.